The highest BCUT2D eigenvalue weighted by Crippen LogP contribution is 2.31. The van der Waals surface area contributed by atoms with Crippen molar-refractivity contribution in [3.8, 4) is 28.3 Å². The molecule has 0 spiro atoms. The van der Waals surface area contributed by atoms with Crippen molar-refractivity contribution >= 4 is 17.2 Å². The van der Waals surface area contributed by atoms with Gasteiger partial charge in [-0.2, -0.15) is 5.10 Å². The highest BCUT2D eigenvalue weighted by atomic mass is 35.5. The van der Waals surface area contributed by atoms with Crippen LogP contribution in [-0.4, -0.2) is 30.5 Å². The molecule has 27 heavy (non-hydrogen) atoms. The van der Waals surface area contributed by atoms with Gasteiger partial charge >= 0.3 is 0 Å². The van der Waals surface area contributed by atoms with Gasteiger partial charge in [-0.3, -0.25) is 14.6 Å². The normalized spacial score (nSPS) is 11.4. The molecule has 4 rings (SSSR count). The summed E-state index contributed by atoms with van der Waals surface area (Å²) in [4.78, 5) is 17.3. The van der Waals surface area contributed by atoms with Crippen molar-refractivity contribution in [3.05, 3.63) is 58.1 Å². The fraction of sp³-hybridized carbons (Fsp3) is 0.211. The van der Waals surface area contributed by atoms with E-state index in [2.05, 4.69) is 10.2 Å². The molecule has 0 saturated heterocycles. The second-order valence-electron chi connectivity index (χ2n) is 6.48. The zero-order chi connectivity index (χ0) is 19.1. The van der Waals surface area contributed by atoms with Crippen molar-refractivity contribution in [2.45, 2.75) is 20.0 Å². The number of nitrogens with zero attached hydrogens (tertiary/aromatic N) is 4. The average molecular weight is 384 g/mol. The second-order valence-corrected chi connectivity index (χ2v) is 6.88. The van der Waals surface area contributed by atoms with Crippen LogP contribution in [0.4, 0.5) is 0 Å². The van der Waals surface area contributed by atoms with E-state index in [0.717, 1.165) is 16.8 Å². The van der Waals surface area contributed by atoms with Crippen molar-refractivity contribution in [2.75, 3.05) is 0 Å². The van der Waals surface area contributed by atoms with Gasteiger partial charge in [-0.05, 0) is 32.0 Å². The highest BCUT2D eigenvalue weighted by Gasteiger charge is 2.15. The number of ether oxygens (including phenoxy) is 1. The monoisotopic (exact) mass is 383 g/mol. The number of benzene rings is 1. The lowest BCUT2D eigenvalue weighted by molar-refractivity contribution is 0.242. The zero-order valence-corrected chi connectivity index (χ0v) is 15.9. The Balaban J connectivity index is 1.89. The van der Waals surface area contributed by atoms with E-state index in [4.69, 9.17) is 21.3 Å². The summed E-state index contributed by atoms with van der Waals surface area (Å²) in [6.45, 7) is 3.86. The third-order valence-electron chi connectivity index (χ3n) is 4.18. The van der Waals surface area contributed by atoms with Crippen LogP contribution in [0.3, 0.4) is 0 Å². The molecule has 138 valence electrons. The van der Waals surface area contributed by atoms with Crippen LogP contribution in [0.2, 0.25) is 5.02 Å². The average Bonchev–Trinajstić information content (AvgIpc) is 3.22. The van der Waals surface area contributed by atoms with Gasteiger partial charge in [-0.25, -0.2) is 9.50 Å². The molecular formula is C19H18ClN5O2. The molecular weight excluding hydrogens is 366 g/mol. The fourth-order valence-electron chi connectivity index (χ4n) is 2.96. The molecule has 3 aromatic heterocycles. The summed E-state index contributed by atoms with van der Waals surface area (Å²) in [6, 6.07) is 8.73. The van der Waals surface area contributed by atoms with Gasteiger partial charge < -0.3 is 4.74 Å². The van der Waals surface area contributed by atoms with E-state index < -0.39 is 0 Å². The second kappa shape index (κ2) is 6.59. The molecule has 0 radical (unpaired) electrons. The largest absolute Gasteiger partial charge is 0.489 e. The number of aromatic amines is 1. The lowest BCUT2D eigenvalue weighted by atomic mass is 10.1. The number of nitrogens with one attached hydrogen (secondary N) is 1. The smallest absolute Gasteiger partial charge is 0.273 e. The van der Waals surface area contributed by atoms with Gasteiger partial charge in [0.25, 0.3) is 5.56 Å². The van der Waals surface area contributed by atoms with Crippen molar-refractivity contribution in [1.82, 2.24) is 24.4 Å². The van der Waals surface area contributed by atoms with Crippen LogP contribution in [0.25, 0.3) is 28.2 Å². The maximum absolute atomic E-state index is 12.6. The van der Waals surface area contributed by atoms with E-state index in [1.54, 1.807) is 29.2 Å². The number of halogens is 1. The molecule has 0 amide bonds. The Morgan fingerprint density at radius 2 is 2.04 bits per heavy atom. The first-order valence-corrected chi connectivity index (χ1v) is 8.88. The third-order valence-corrected chi connectivity index (χ3v) is 4.50. The van der Waals surface area contributed by atoms with Gasteiger partial charge in [0.15, 0.2) is 5.65 Å². The predicted molar refractivity (Wildman–Crippen MR) is 104 cm³/mol. The van der Waals surface area contributed by atoms with Crippen molar-refractivity contribution < 1.29 is 4.74 Å². The fourth-order valence-corrected chi connectivity index (χ4v) is 3.12. The summed E-state index contributed by atoms with van der Waals surface area (Å²) in [5, 5.41) is 7.66. The Morgan fingerprint density at radius 1 is 1.22 bits per heavy atom. The first-order valence-electron chi connectivity index (χ1n) is 8.50. The standard InChI is InChI=1S/C19H18ClN5O2/c1-11(2)27-17-8-12(4-5-14(17)20)15-9-18(26)25-19(23-15)13(10-22-25)16-6-7-21-24(16)3/h4-11,22H,1-3H3. The van der Waals surface area contributed by atoms with Crippen LogP contribution in [0, 0.1) is 0 Å². The van der Waals surface area contributed by atoms with Gasteiger partial charge in [-0.1, -0.05) is 17.7 Å². The van der Waals surface area contributed by atoms with Gasteiger partial charge in [0, 0.05) is 31.1 Å². The molecule has 4 aromatic rings. The summed E-state index contributed by atoms with van der Waals surface area (Å²) in [5.74, 6) is 0.562. The van der Waals surface area contributed by atoms with E-state index in [1.807, 2.05) is 33.0 Å². The Bertz CT molecular complexity index is 1190. The summed E-state index contributed by atoms with van der Waals surface area (Å²) in [5.41, 5.74) is 3.28. The number of hydrogen-bond acceptors (Lipinski definition) is 4. The molecule has 0 atom stereocenters. The molecule has 1 N–H and O–H groups in total. The number of rotatable bonds is 4. The molecule has 0 bridgehead atoms. The number of aryl methyl sites for hydroxylation is 1. The maximum atomic E-state index is 12.6. The van der Waals surface area contributed by atoms with Crippen molar-refractivity contribution in [3.63, 3.8) is 0 Å². The van der Waals surface area contributed by atoms with E-state index in [1.165, 1.54) is 10.6 Å². The van der Waals surface area contributed by atoms with E-state index in [9.17, 15) is 4.79 Å². The van der Waals surface area contributed by atoms with Gasteiger partial charge in [0.2, 0.25) is 0 Å². The number of aromatic nitrogens is 5. The molecule has 0 aliphatic rings. The molecule has 8 heteroatoms. The summed E-state index contributed by atoms with van der Waals surface area (Å²) >= 11 is 6.22. The Hall–Kier alpha value is -3.06. The van der Waals surface area contributed by atoms with Crippen LogP contribution in [0.5, 0.6) is 5.75 Å². The number of fused-ring (bicyclic) bond motifs is 1. The van der Waals surface area contributed by atoms with Crippen LogP contribution >= 0.6 is 11.6 Å². The van der Waals surface area contributed by atoms with E-state index >= 15 is 0 Å². The van der Waals surface area contributed by atoms with E-state index in [-0.39, 0.29) is 11.7 Å². The first kappa shape index (κ1) is 17.4. The van der Waals surface area contributed by atoms with Gasteiger partial charge in [-0.15, -0.1) is 0 Å². The summed E-state index contributed by atoms with van der Waals surface area (Å²) < 4.78 is 8.89. The predicted octanol–water partition coefficient (Wildman–Crippen LogP) is 3.53. The van der Waals surface area contributed by atoms with Gasteiger partial charge in [0.05, 0.1) is 28.1 Å². The van der Waals surface area contributed by atoms with Crippen LogP contribution < -0.4 is 10.3 Å². The summed E-state index contributed by atoms with van der Waals surface area (Å²) in [7, 11) is 1.84. The number of hydrogen-bond donors (Lipinski definition) is 1. The quantitative estimate of drug-likeness (QED) is 0.584. The van der Waals surface area contributed by atoms with Crippen molar-refractivity contribution in [1.29, 1.82) is 0 Å². The topological polar surface area (TPSA) is 77.2 Å². The Kier molecular flexibility index (Phi) is 4.24. The van der Waals surface area contributed by atoms with Crippen LogP contribution in [0.1, 0.15) is 13.8 Å². The first-order chi connectivity index (χ1) is 12.9. The highest BCUT2D eigenvalue weighted by molar-refractivity contribution is 6.32. The molecule has 3 heterocycles. The number of H-pyrrole nitrogens is 1. The maximum Gasteiger partial charge on any atom is 0.273 e. The SMILES string of the molecule is CC(C)Oc1cc(-c2cc(=O)n3[nH]cc(-c4ccnn4C)c3n2)ccc1Cl. The zero-order valence-electron chi connectivity index (χ0n) is 15.1. The molecule has 1 aromatic carbocycles. The molecule has 0 fully saturated rings. The minimum Gasteiger partial charge on any atom is -0.489 e. The molecule has 0 saturated carbocycles. The lowest BCUT2D eigenvalue weighted by Crippen LogP contribution is -2.14. The molecule has 0 aliphatic carbocycles. The van der Waals surface area contributed by atoms with E-state index in [0.29, 0.717) is 22.1 Å². The Morgan fingerprint density at radius 3 is 2.74 bits per heavy atom. The lowest BCUT2D eigenvalue weighted by Gasteiger charge is -2.12. The Labute approximate surface area is 160 Å². The minimum absolute atomic E-state index is 0.0140. The van der Waals surface area contributed by atoms with Crippen molar-refractivity contribution in [2.24, 2.45) is 7.05 Å². The van der Waals surface area contributed by atoms with Gasteiger partial charge in [0.1, 0.15) is 5.75 Å². The van der Waals surface area contributed by atoms with Crippen LogP contribution in [0.15, 0.2) is 47.5 Å². The molecule has 0 unspecified atom stereocenters. The molecule has 7 nitrogen and oxygen atoms in total. The summed E-state index contributed by atoms with van der Waals surface area (Å²) in [6.07, 6.45) is 3.44. The minimum atomic E-state index is -0.204. The third kappa shape index (κ3) is 3.10. The molecule has 0 aliphatic heterocycles. The van der Waals surface area contributed by atoms with Crippen LogP contribution in [-0.2, 0) is 7.05 Å².